The SMILES string of the molecule is C[N+]1=C=[N+](c2[c-]c(C3(c4cc[n-]n4)c4ccccc4-c4cnccc43)ccc2)c2ccccc21.C[N+]1=C=[N+](c2[c-]c(C3(c4cc[n-]n4)c4ccccc4-c4cnccc43)ccc2)c2ccccc21.[Pt+2].[Pt+2]. The average Bonchev–Trinajstić information content (AvgIpc) is 4.28. The zero-order chi connectivity index (χ0) is 45.4. The summed E-state index contributed by atoms with van der Waals surface area (Å²) in [5, 5.41) is 17.6. The molecule has 0 saturated heterocycles. The van der Waals surface area contributed by atoms with Gasteiger partial charge in [-0.1, -0.05) is 115 Å². The van der Waals surface area contributed by atoms with Crippen LogP contribution in [-0.2, 0) is 53.0 Å². The molecule has 0 N–H and O–H groups in total. The van der Waals surface area contributed by atoms with Crippen molar-refractivity contribution in [3.63, 3.8) is 0 Å². The minimum Gasteiger partial charge on any atom is -0.581 e. The number of para-hydroxylation sites is 4. The van der Waals surface area contributed by atoms with Gasteiger partial charge in [-0.2, -0.15) is 36.7 Å². The van der Waals surface area contributed by atoms with Gasteiger partial charge in [-0.3, -0.25) is 9.97 Å². The van der Waals surface area contributed by atoms with E-state index >= 15 is 0 Å². The number of benzene rings is 6. The molecule has 0 spiro atoms. The maximum atomic E-state index is 4.59. The fourth-order valence-corrected chi connectivity index (χ4v) is 10.9. The number of aromatic nitrogens is 6. The molecule has 2 aliphatic carbocycles. The number of hydrogen-bond donors (Lipinski definition) is 0. The summed E-state index contributed by atoms with van der Waals surface area (Å²) in [6.07, 6.45) is 11.1. The van der Waals surface area contributed by atoms with Crippen molar-refractivity contribution >= 4 is 46.1 Å². The Morgan fingerprint density at radius 3 is 1.26 bits per heavy atom. The van der Waals surface area contributed by atoms with E-state index in [9.17, 15) is 0 Å². The zero-order valence-electron chi connectivity index (χ0n) is 37.6. The van der Waals surface area contributed by atoms with Crippen molar-refractivity contribution < 1.29 is 51.3 Å². The molecule has 0 radical (unpaired) electrons. The number of fused-ring (bicyclic) bond motifs is 8. The molecule has 14 rings (SSSR count). The second-order valence-corrected chi connectivity index (χ2v) is 17.1. The van der Waals surface area contributed by atoms with Crippen molar-refractivity contribution in [3.8, 4) is 22.3 Å². The van der Waals surface area contributed by atoms with Gasteiger partial charge in [0, 0.05) is 71.6 Å². The molecule has 0 amide bonds. The van der Waals surface area contributed by atoms with Crippen LogP contribution in [-0.4, -0.2) is 55.4 Å². The summed E-state index contributed by atoms with van der Waals surface area (Å²) in [4.78, 5) is 8.88. The minimum atomic E-state index is -0.632. The van der Waals surface area contributed by atoms with Crippen LogP contribution in [0, 0.1) is 12.1 Å². The van der Waals surface area contributed by atoms with Gasteiger partial charge in [0.15, 0.2) is 14.1 Å². The van der Waals surface area contributed by atoms with Gasteiger partial charge >= 0.3 is 54.1 Å². The summed E-state index contributed by atoms with van der Waals surface area (Å²) < 4.78 is 8.16. The van der Waals surface area contributed by atoms with Crippen LogP contribution < -0.4 is 19.3 Å². The predicted octanol–water partition coefficient (Wildman–Crippen LogP) is 9.78. The molecular weight excluding hydrogens is 1230 g/mol. The first kappa shape index (κ1) is 44.7. The number of hydrogen-bond acceptors (Lipinski definition) is 4. The van der Waals surface area contributed by atoms with E-state index in [0.29, 0.717) is 0 Å². The molecule has 336 valence electrons. The smallest absolute Gasteiger partial charge is 0.581 e. The molecule has 2 atom stereocenters. The fraction of sp³-hybridized carbons (Fsp3) is 0.0690. The first-order valence-corrected chi connectivity index (χ1v) is 22.4. The van der Waals surface area contributed by atoms with Gasteiger partial charge in [-0.15, -0.1) is 23.3 Å². The molecular formula is C58H38N10Pt2+4. The Hall–Kier alpha value is -7.82. The molecule has 10 aromatic rings. The molecule has 12 heteroatoms. The monoisotopic (exact) mass is 1260 g/mol. The van der Waals surface area contributed by atoms with E-state index in [2.05, 4.69) is 185 Å². The number of rotatable bonds is 6. The summed E-state index contributed by atoms with van der Waals surface area (Å²) >= 11 is 0. The molecule has 0 bridgehead atoms. The van der Waals surface area contributed by atoms with Gasteiger partial charge in [0.05, 0.1) is 10.8 Å². The third-order valence-electron chi connectivity index (χ3n) is 13.7. The Morgan fingerprint density at radius 1 is 0.429 bits per heavy atom. The second-order valence-electron chi connectivity index (χ2n) is 17.1. The largest absolute Gasteiger partial charge is 2.00 e. The zero-order valence-corrected chi connectivity index (χ0v) is 42.1. The van der Waals surface area contributed by atoms with Gasteiger partial charge < -0.3 is 20.4 Å². The molecule has 70 heavy (non-hydrogen) atoms. The van der Waals surface area contributed by atoms with Crippen molar-refractivity contribution in [3.05, 3.63) is 252 Å². The van der Waals surface area contributed by atoms with Crippen LogP contribution >= 0.6 is 0 Å². The summed E-state index contributed by atoms with van der Waals surface area (Å²) in [5.74, 6) is 0. The van der Waals surface area contributed by atoms with Gasteiger partial charge in [0.25, 0.3) is 22.7 Å². The summed E-state index contributed by atoms with van der Waals surface area (Å²) in [5.41, 5.74) is 17.9. The van der Waals surface area contributed by atoms with E-state index in [0.717, 1.165) is 90.0 Å². The van der Waals surface area contributed by atoms with Crippen LogP contribution in [0.25, 0.3) is 22.3 Å². The number of nitrogens with zero attached hydrogens (tertiary/aromatic N) is 10. The summed E-state index contributed by atoms with van der Waals surface area (Å²) in [6, 6.07) is 68.8. The number of pyridine rings is 2. The van der Waals surface area contributed by atoms with Gasteiger partial charge in [0.1, 0.15) is 11.4 Å². The van der Waals surface area contributed by atoms with Crippen molar-refractivity contribution in [1.29, 1.82) is 0 Å². The van der Waals surface area contributed by atoms with Gasteiger partial charge in [-0.25, -0.2) is 0 Å². The molecule has 6 aromatic carbocycles. The van der Waals surface area contributed by atoms with Crippen LogP contribution in [0.1, 0.15) is 44.8 Å². The Labute approximate surface area is 433 Å². The Kier molecular flexibility index (Phi) is 11.2. The van der Waals surface area contributed by atoms with Crippen molar-refractivity contribution in [2.24, 2.45) is 0 Å². The maximum Gasteiger partial charge on any atom is 2.00 e. The minimum absolute atomic E-state index is 0. The molecule has 0 saturated carbocycles. The van der Waals surface area contributed by atoms with Crippen molar-refractivity contribution in [1.82, 2.24) is 39.5 Å². The van der Waals surface area contributed by atoms with Crippen LogP contribution in [0.15, 0.2) is 195 Å². The van der Waals surface area contributed by atoms with Crippen LogP contribution in [0.4, 0.5) is 34.1 Å². The average molecular weight is 1270 g/mol. The Balaban J connectivity index is 0.000000148. The molecule has 4 aromatic heterocycles. The first-order valence-electron chi connectivity index (χ1n) is 22.4. The van der Waals surface area contributed by atoms with Crippen LogP contribution in [0.3, 0.4) is 0 Å². The van der Waals surface area contributed by atoms with Gasteiger partial charge in [-0.05, 0) is 45.5 Å². The van der Waals surface area contributed by atoms with E-state index in [4.69, 9.17) is 0 Å². The van der Waals surface area contributed by atoms with Crippen molar-refractivity contribution in [2.75, 3.05) is 14.1 Å². The Morgan fingerprint density at radius 2 is 0.829 bits per heavy atom. The molecule has 6 heterocycles. The molecule has 2 unspecified atom stereocenters. The normalized spacial score (nSPS) is 17.1. The van der Waals surface area contributed by atoms with E-state index in [1.165, 1.54) is 11.1 Å². The standard InChI is InChI=1S/2C29H19N5.2Pt/c2*1-33-19-34(27-12-5-4-11-26(27)33)21-8-6-7-20(17-21)29(28-14-16-31-32-28)24-10-3-2-9-22(24)23-18-30-15-13-25(23)29;;/h2*2-16,18H,1H3;;/q;;2*+2. The maximum absolute atomic E-state index is 4.59. The fourth-order valence-electron chi connectivity index (χ4n) is 10.9. The van der Waals surface area contributed by atoms with Crippen LogP contribution in [0.5, 0.6) is 0 Å². The summed E-state index contributed by atoms with van der Waals surface area (Å²) in [7, 11) is 4.03. The van der Waals surface area contributed by atoms with E-state index in [1.54, 1.807) is 12.4 Å². The topological polar surface area (TPSA) is 91.8 Å². The van der Waals surface area contributed by atoms with Crippen LogP contribution in [0.2, 0.25) is 0 Å². The quantitative estimate of drug-likeness (QED) is 0.122. The van der Waals surface area contributed by atoms with Gasteiger partial charge in [0.2, 0.25) is 0 Å². The molecule has 0 fully saturated rings. The van der Waals surface area contributed by atoms with E-state index in [-0.39, 0.29) is 42.1 Å². The first-order chi connectivity index (χ1) is 33.6. The molecule has 10 nitrogen and oxygen atoms in total. The predicted molar refractivity (Wildman–Crippen MR) is 260 cm³/mol. The Bertz CT molecular complexity index is 3480. The third kappa shape index (κ3) is 6.49. The van der Waals surface area contributed by atoms with E-state index in [1.807, 2.05) is 84.4 Å². The molecule has 4 aliphatic rings. The van der Waals surface area contributed by atoms with E-state index < -0.39 is 10.8 Å². The second kappa shape index (κ2) is 17.6. The third-order valence-corrected chi connectivity index (χ3v) is 13.7. The van der Waals surface area contributed by atoms with Crippen molar-refractivity contribution in [2.45, 2.75) is 10.8 Å². The molecule has 2 aliphatic heterocycles. The summed E-state index contributed by atoms with van der Waals surface area (Å²) in [6.45, 7) is 0.